The van der Waals surface area contributed by atoms with E-state index in [1.54, 1.807) is 11.8 Å². The summed E-state index contributed by atoms with van der Waals surface area (Å²) in [6.45, 7) is 4.56. The molecule has 3 aromatic rings. The molecule has 0 unspecified atom stereocenters. The van der Waals surface area contributed by atoms with Crippen LogP contribution in [0, 0.1) is 0 Å². The van der Waals surface area contributed by atoms with E-state index in [1.165, 1.54) is 10.5 Å². The summed E-state index contributed by atoms with van der Waals surface area (Å²) in [7, 11) is 2.14. The van der Waals surface area contributed by atoms with Crippen molar-refractivity contribution in [3.05, 3.63) is 88.6 Å². The molecule has 0 aliphatic carbocycles. The number of hydrogen-bond donors (Lipinski definition) is 1. The molecule has 1 fully saturated rings. The second-order valence-electron chi connectivity index (χ2n) is 7.94. The molecule has 4 rings (SSSR count). The lowest BCUT2D eigenvalue weighted by Crippen LogP contribution is -2.44. The van der Waals surface area contributed by atoms with Gasteiger partial charge in [0.2, 0.25) is 0 Å². The average molecular weight is 467 g/mol. The lowest BCUT2D eigenvalue weighted by Gasteiger charge is -2.33. The van der Waals surface area contributed by atoms with Gasteiger partial charge in [-0.15, -0.1) is 11.8 Å². The second-order valence-corrected chi connectivity index (χ2v) is 9.42. The number of amides is 1. The fraction of sp³-hybridized carbons (Fsp3) is 0.280. The topological polar surface area (TPSA) is 48.5 Å². The van der Waals surface area contributed by atoms with Gasteiger partial charge in [0.15, 0.2) is 0 Å². The van der Waals surface area contributed by atoms with E-state index in [-0.39, 0.29) is 5.91 Å². The maximum absolute atomic E-state index is 12.5. The first-order valence-electron chi connectivity index (χ1n) is 10.7. The molecule has 0 atom stereocenters. The van der Waals surface area contributed by atoms with Crippen LogP contribution in [0.4, 0.5) is 5.82 Å². The Kier molecular flexibility index (Phi) is 7.68. The summed E-state index contributed by atoms with van der Waals surface area (Å²) in [6, 6.07) is 19.7. The Balaban J connectivity index is 1.25. The normalized spacial score (nSPS) is 14.4. The van der Waals surface area contributed by atoms with Crippen molar-refractivity contribution in [1.29, 1.82) is 0 Å². The maximum Gasteiger partial charge on any atom is 0.251 e. The van der Waals surface area contributed by atoms with Crippen LogP contribution in [-0.4, -0.2) is 49.0 Å². The standard InChI is InChI=1S/C25H27ClN4OS/c1-29-12-14-30(15-13-29)24-11-4-20(16-27-24)17-28-25(31)21-5-2-19(3-6-21)18-32-23-9-7-22(26)8-10-23/h2-11,16H,12-15,17-18H2,1H3,(H,28,31). The number of piperazine rings is 1. The van der Waals surface area contributed by atoms with E-state index in [1.807, 2.05) is 66.9 Å². The Labute approximate surface area is 198 Å². The van der Waals surface area contributed by atoms with Crippen molar-refractivity contribution in [2.75, 3.05) is 38.1 Å². The van der Waals surface area contributed by atoms with Gasteiger partial charge in [0.25, 0.3) is 5.91 Å². The largest absolute Gasteiger partial charge is 0.354 e. The van der Waals surface area contributed by atoms with Crippen molar-refractivity contribution >= 4 is 35.1 Å². The molecule has 2 heterocycles. The van der Waals surface area contributed by atoms with E-state index in [4.69, 9.17) is 11.6 Å². The molecule has 0 bridgehead atoms. The van der Waals surface area contributed by atoms with Crippen LogP contribution in [-0.2, 0) is 12.3 Å². The van der Waals surface area contributed by atoms with Crippen LogP contribution in [0.25, 0.3) is 0 Å². The van der Waals surface area contributed by atoms with Gasteiger partial charge >= 0.3 is 0 Å². The quantitative estimate of drug-likeness (QED) is 0.511. The van der Waals surface area contributed by atoms with Crippen LogP contribution in [0.3, 0.4) is 0 Å². The van der Waals surface area contributed by atoms with Crippen LogP contribution in [0.1, 0.15) is 21.5 Å². The first-order chi connectivity index (χ1) is 15.6. The molecule has 166 valence electrons. The van der Waals surface area contributed by atoms with E-state index in [0.717, 1.165) is 48.3 Å². The predicted molar refractivity (Wildman–Crippen MR) is 133 cm³/mol. The van der Waals surface area contributed by atoms with Crippen molar-refractivity contribution < 1.29 is 4.79 Å². The Bertz CT molecular complexity index is 1020. The molecular weight excluding hydrogens is 440 g/mol. The molecule has 0 spiro atoms. The summed E-state index contributed by atoms with van der Waals surface area (Å²) < 4.78 is 0. The van der Waals surface area contributed by atoms with Crippen LogP contribution in [0.5, 0.6) is 0 Å². The Hall–Kier alpha value is -2.54. The number of hydrogen-bond acceptors (Lipinski definition) is 5. The predicted octanol–water partition coefficient (Wildman–Crippen LogP) is 4.71. The molecule has 1 saturated heterocycles. The van der Waals surface area contributed by atoms with Crippen LogP contribution >= 0.6 is 23.4 Å². The highest BCUT2D eigenvalue weighted by atomic mass is 35.5. The molecule has 1 amide bonds. The van der Waals surface area contributed by atoms with Gasteiger partial charge in [-0.3, -0.25) is 4.79 Å². The molecule has 1 aromatic heterocycles. The van der Waals surface area contributed by atoms with Crippen molar-refractivity contribution in [2.45, 2.75) is 17.2 Å². The molecule has 1 aliphatic rings. The maximum atomic E-state index is 12.5. The number of rotatable bonds is 7. The highest BCUT2D eigenvalue weighted by Gasteiger charge is 2.15. The van der Waals surface area contributed by atoms with Gasteiger partial charge < -0.3 is 15.1 Å². The van der Waals surface area contributed by atoms with Crippen molar-refractivity contribution in [3.8, 4) is 0 Å². The zero-order valence-corrected chi connectivity index (χ0v) is 19.7. The highest BCUT2D eigenvalue weighted by Crippen LogP contribution is 2.24. The third-order valence-corrected chi connectivity index (χ3v) is 6.86. The summed E-state index contributed by atoms with van der Waals surface area (Å²) in [5, 5.41) is 3.73. The second kappa shape index (κ2) is 10.9. The van der Waals surface area contributed by atoms with Gasteiger partial charge in [0, 0.05) is 60.2 Å². The minimum absolute atomic E-state index is 0.0787. The lowest BCUT2D eigenvalue weighted by atomic mass is 10.1. The van der Waals surface area contributed by atoms with Gasteiger partial charge in [-0.1, -0.05) is 29.8 Å². The van der Waals surface area contributed by atoms with E-state index >= 15 is 0 Å². The number of nitrogens with zero attached hydrogens (tertiary/aromatic N) is 3. The van der Waals surface area contributed by atoms with Gasteiger partial charge in [-0.2, -0.15) is 0 Å². The van der Waals surface area contributed by atoms with E-state index in [9.17, 15) is 4.79 Å². The number of thioether (sulfide) groups is 1. The summed E-state index contributed by atoms with van der Waals surface area (Å²) in [5.41, 5.74) is 2.82. The first-order valence-corrected chi connectivity index (χ1v) is 12.1. The molecule has 5 nitrogen and oxygen atoms in total. The molecule has 0 saturated carbocycles. The fourth-order valence-corrected chi connectivity index (χ4v) is 4.46. The summed E-state index contributed by atoms with van der Waals surface area (Å²) in [6.07, 6.45) is 1.85. The Morgan fingerprint density at radius 3 is 2.31 bits per heavy atom. The number of pyridine rings is 1. The number of halogens is 1. The number of aromatic nitrogens is 1. The van der Waals surface area contributed by atoms with Crippen LogP contribution in [0.15, 0.2) is 71.8 Å². The van der Waals surface area contributed by atoms with Gasteiger partial charge in [0.05, 0.1) is 0 Å². The summed E-state index contributed by atoms with van der Waals surface area (Å²) in [4.78, 5) is 22.9. The van der Waals surface area contributed by atoms with Crippen LogP contribution < -0.4 is 10.2 Å². The molecule has 2 aromatic carbocycles. The Morgan fingerprint density at radius 1 is 0.969 bits per heavy atom. The zero-order valence-electron chi connectivity index (χ0n) is 18.1. The summed E-state index contributed by atoms with van der Waals surface area (Å²) >= 11 is 7.67. The van der Waals surface area contributed by atoms with E-state index < -0.39 is 0 Å². The molecule has 7 heteroatoms. The lowest BCUT2D eigenvalue weighted by molar-refractivity contribution is 0.0951. The number of carbonyl (C=O) groups is 1. The minimum atomic E-state index is -0.0787. The van der Waals surface area contributed by atoms with E-state index in [0.29, 0.717) is 12.1 Å². The van der Waals surface area contributed by atoms with Crippen LogP contribution in [0.2, 0.25) is 5.02 Å². The van der Waals surface area contributed by atoms with Gasteiger partial charge in [-0.05, 0) is 60.6 Å². The molecule has 0 radical (unpaired) electrons. The van der Waals surface area contributed by atoms with Crippen molar-refractivity contribution in [1.82, 2.24) is 15.2 Å². The number of likely N-dealkylation sites (N-methyl/N-ethyl adjacent to an activating group) is 1. The van der Waals surface area contributed by atoms with Crippen molar-refractivity contribution in [3.63, 3.8) is 0 Å². The molecule has 1 aliphatic heterocycles. The van der Waals surface area contributed by atoms with Gasteiger partial charge in [0.1, 0.15) is 5.82 Å². The first kappa shape index (κ1) is 22.6. The minimum Gasteiger partial charge on any atom is -0.354 e. The third kappa shape index (κ3) is 6.25. The number of carbonyl (C=O) groups excluding carboxylic acids is 1. The smallest absolute Gasteiger partial charge is 0.251 e. The number of anilines is 1. The molecule has 1 N–H and O–H groups in total. The number of benzene rings is 2. The van der Waals surface area contributed by atoms with Crippen molar-refractivity contribution in [2.24, 2.45) is 0 Å². The molecule has 32 heavy (non-hydrogen) atoms. The van der Waals surface area contributed by atoms with Gasteiger partial charge in [-0.25, -0.2) is 4.98 Å². The fourth-order valence-electron chi connectivity index (χ4n) is 3.48. The number of nitrogens with one attached hydrogen (secondary N) is 1. The third-order valence-electron chi connectivity index (χ3n) is 5.52. The summed E-state index contributed by atoms with van der Waals surface area (Å²) in [5.74, 6) is 1.76. The Morgan fingerprint density at radius 2 is 1.66 bits per heavy atom. The average Bonchev–Trinajstić information content (AvgIpc) is 2.83. The monoisotopic (exact) mass is 466 g/mol. The highest BCUT2D eigenvalue weighted by molar-refractivity contribution is 7.98. The molecular formula is C25H27ClN4OS. The SMILES string of the molecule is CN1CCN(c2ccc(CNC(=O)c3ccc(CSc4ccc(Cl)cc4)cc3)cn2)CC1. The van der Waals surface area contributed by atoms with E-state index in [2.05, 4.69) is 27.1 Å². The zero-order chi connectivity index (χ0) is 22.3.